The van der Waals surface area contributed by atoms with E-state index in [0.717, 1.165) is 22.5 Å². The standard InChI is InChI=1S/C19H13F2N3S2/c20-15-9-8-13(11-16(15)21)12-26-19-23-22-18(17-7-4-10-25-17)24(19)14-5-2-1-3-6-14/h1-11H,12H2. The number of thioether (sulfide) groups is 1. The van der Waals surface area contributed by atoms with E-state index in [-0.39, 0.29) is 0 Å². The van der Waals surface area contributed by atoms with Crippen molar-refractivity contribution in [2.45, 2.75) is 10.9 Å². The highest BCUT2D eigenvalue weighted by molar-refractivity contribution is 7.98. The maximum Gasteiger partial charge on any atom is 0.196 e. The predicted octanol–water partition coefficient (Wildman–Crippen LogP) is 5.57. The maximum atomic E-state index is 13.4. The van der Waals surface area contributed by atoms with Crippen molar-refractivity contribution in [3.63, 3.8) is 0 Å². The van der Waals surface area contributed by atoms with Gasteiger partial charge in [0.25, 0.3) is 0 Å². The molecule has 0 atom stereocenters. The molecule has 2 aromatic heterocycles. The molecule has 4 rings (SSSR count). The minimum absolute atomic E-state index is 0.465. The number of para-hydroxylation sites is 1. The van der Waals surface area contributed by atoms with Gasteiger partial charge in [-0.1, -0.05) is 42.1 Å². The van der Waals surface area contributed by atoms with Crippen LogP contribution in [-0.4, -0.2) is 14.8 Å². The van der Waals surface area contributed by atoms with Crippen molar-refractivity contribution in [2.24, 2.45) is 0 Å². The average molecular weight is 385 g/mol. The molecule has 0 amide bonds. The first kappa shape index (κ1) is 16.9. The van der Waals surface area contributed by atoms with Gasteiger partial charge in [0, 0.05) is 11.4 Å². The molecule has 130 valence electrons. The molecule has 3 nitrogen and oxygen atoms in total. The summed E-state index contributed by atoms with van der Waals surface area (Å²) < 4.78 is 28.5. The normalized spacial score (nSPS) is 11.0. The lowest BCUT2D eigenvalue weighted by molar-refractivity contribution is 0.507. The quantitative estimate of drug-likeness (QED) is 0.421. The Morgan fingerprint density at radius 1 is 0.923 bits per heavy atom. The van der Waals surface area contributed by atoms with Crippen LogP contribution in [0.5, 0.6) is 0 Å². The first-order valence-corrected chi connectivity index (χ1v) is 9.70. The number of hydrogen-bond acceptors (Lipinski definition) is 4. The minimum Gasteiger partial charge on any atom is -0.269 e. The number of aromatic nitrogens is 3. The molecule has 0 radical (unpaired) electrons. The number of halogens is 2. The Morgan fingerprint density at radius 3 is 2.50 bits per heavy atom. The number of nitrogens with zero attached hydrogens (tertiary/aromatic N) is 3. The molecule has 0 saturated carbocycles. The van der Waals surface area contributed by atoms with E-state index in [1.165, 1.54) is 17.8 Å². The highest BCUT2D eigenvalue weighted by atomic mass is 32.2. The van der Waals surface area contributed by atoms with Crippen molar-refractivity contribution in [2.75, 3.05) is 0 Å². The third-order valence-corrected chi connectivity index (χ3v) is 5.61. The zero-order chi connectivity index (χ0) is 17.9. The summed E-state index contributed by atoms with van der Waals surface area (Å²) in [4.78, 5) is 1.01. The molecule has 2 heterocycles. The van der Waals surface area contributed by atoms with Crippen LogP contribution in [-0.2, 0) is 5.75 Å². The summed E-state index contributed by atoms with van der Waals surface area (Å²) >= 11 is 3.02. The Hall–Kier alpha value is -2.51. The molecule has 0 aliphatic rings. The van der Waals surface area contributed by atoms with Gasteiger partial charge < -0.3 is 0 Å². The lowest BCUT2D eigenvalue weighted by atomic mass is 10.2. The molecule has 0 N–H and O–H groups in total. The number of benzene rings is 2. The largest absolute Gasteiger partial charge is 0.269 e. The molecule has 7 heteroatoms. The van der Waals surface area contributed by atoms with Gasteiger partial charge in [-0.2, -0.15) is 0 Å². The molecule has 4 aromatic rings. The molecule has 0 saturated heterocycles. The third kappa shape index (κ3) is 3.40. The topological polar surface area (TPSA) is 30.7 Å². The summed E-state index contributed by atoms with van der Waals surface area (Å²) in [6.45, 7) is 0. The van der Waals surface area contributed by atoms with Crippen LogP contribution in [0.2, 0.25) is 0 Å². The van der Waals surface area contributed by atoms with E-state index in [9.17, 15) is 8.78 Å². The van der Waals surface area contributed by atoms with Crippen LogP contribution in [0.15, 0.2) is 71.2 Å². The van der Waals surface area contributed by atoms with Crippen molar-refractivity contribution in [1.82, 2.24) is 14.8 Å². The molecule has 0 aliphatic carbocycles. The Morgan fingerprint density at radius 2 is 1.77 bits per heavy atom. The molecular weight excluding hydrogens is 372 g/mol. The van der Waals surface area contributed by atoms with Gasteiger partial charge in [-0.05, 0) is 41.3 Å². The molecular formula is C19H13F2N3S2. The first-order chi connectivity index (χ1) is 12.7. The summed E-state index contributed by atoms with van der Waals surface area (Å²) in [5, 5.41) is 11.4. The molecule has 0 unspecified atom stereocenters. The summed E-state index contributed by atoms with van der Waals surface area (Å²) in [7, 11) is 0. The number of rotatable bonds is 5. The van der Waals surface area contributed by atoms with Gasteiger partial charge in [0.05, 0.1) is 4.88 Å². The van der Waals surface area contributed by atoms with Gasteiger partial charge in [0.15, 0.2) is 22.6 Å². The predicted molar refractivity (Wildman–Crippen MR) is 101 cm³/mol. The monoisotopic (exact) mass is 385 g/mol. The van der Waals surface area contributed by atoms with Crippen LogP contribution in [0.25, 0.3) is 16.4 Å². The van der Waals surface area contributed by atoms with Gasteiger partial charge >= 0.3 is 0 Å². The third-order valence-electron chi connectivity index (χ3n) is 3.74. The van der Waals surface area contributed by atoms with E-state index in [0.29, 0.717) is 16.5 Å². The molecule has 0 fully saturated rings. The van der Waals surface area contributed by atoms with Crippen molar-refractivity contribution >= 4 is 23.1 Å². The fourth-order valence-corrected chi connectivity index (χ4v) is 4.11. The molecule has 0 aliphatic heterocycles. The lowest BCUT2D eigenvalue weighted by Crippen LogP contribution is -1.99. The minimum atomic E-state index is -0.841. The van der Waals surface area contributed by atoms with E-state index in [1.54, 1.807) is 17.4 Å². The van der Waals surface area contributed by atoms with Gasteiger partial charge in [-0.15, -0.1) is 21.5 Å². The fourth-order valence-electron chi connectivity index (χ4n) is 2.52. The Bertz CT molecular complexity index is 1010. The Balaban J connectivity index is 1.68. The van der Waals surface area contributed by atoms with E-state index in [2.05, 4.69) is 10.2 Å². The molecule has 0 bridgehead atoms. The average Bonchev–Trinajstić information content (AvgIpc) is 3.32. The highest BCUT2D eigenvalue weighted by Gasteiger charge is 2.17. The van der Waals surface area contributed by atoms with Crippen molar-refractivity contribution < 1.29 is 8.78 Å². The van der Waals surface area contributed by atoms with Gasteiger partial charge in [0.1, 0.15) is 0 Å². The number of hydrogen-bond donors (Lipinski definition) is 0. The van der Waals surface area contributed by atoms with Crippen LogP contribution in [0.3, 0.4) is 0 Å². The van der Waals surface area contributed by atoms with Crippen LogP contribution in [0.4, 0.5) is 8.78 Å². The first-order valence-electron chi connectivity index (χ1n) is 7.84. The second-order valence-electron chi connectivity index (χ2n) is 5.49. The molecule has 0 spiro atoms. The summed E-state index contributed by atoms with van der Waals surface area (Å²) in [5.41, 5.74) is 1.64. The zero-order valence-electron chi connectivity index (χ0n) is 13.5. The Kier molecular flexibility index (Phi) is 4.81. The van der Waals surface area contributed by atoms with Crippen LogP contribution < -0.4 is 0 Å². The van der Waals surface area contributed by atoms with Gasteiger partial charge in [-0.25, -0.2) is 8.78 Å². The molecule has 2 aromatic carbocycles. The van der Waals surface area contributed by atoms with Crippen LogP contribution >= 0.6 is 23.1 Å². The smallest absolute Gasteiger partial charge is 0.196 e. The van der Waals surface area contributed by atoms with Gasteiger partial charge in [0.2, 0.25) is 0 Å². The fraction of sp³-hybridized carbons (Fsp3) is 0.0526. The summed E-state index contributed by atoms with van der Waals surface area (Å²) in [5.74, 6) is -0.454. The van der Waals surface area contributed by atoms with E-state index in [1.807, 2.05) is 52.4 Å². The van der Waals surface area contributed by atoms with Crippen LogP contribution in [0.1, 0.15) is 5.56 Å². The van der Waals surface area contributed by atoms with Crippen molar-refractivity contribution in [3.8, 4) is 16.4 Å². The maximum absolute atomic E-state index is 13.4. The summed E-state index contributed by atoms with van der Waals surface area (Å²) in [6.07, 6.45) is 0. The van der Waals surface area contributed by atoms with Crippen LogP contribution in [0, 0.1) is 11.6 Å². The lowest BCUT2D eigenvalue weighted by Gasteiger charge is -2.09. The van der Waals surface area contributed by atoms with Crippen molar-refractivity contribution in [1.29, 1.82) is 0 Å². The van der Waals surface area contributed by atoms with Gasteiger partial charge in [-0.3, -0.25) is 4.57 Å². The SMILES string of the molecule is Fc1ccc(CSc2nnc(-c3cccs3)n2-c2ccccc2)cc1F. The van der Waals surface area contributed by atoms with E-state index < -0.39 is 11.6 Å². The van der Waals surface area contributed by atoms with Crippen molar-refractivity contribution in [3.05, 3.63) is 83.2 Å². The highest BCUT2D eigenvalue weighted by Crippen LogP contribution is 2.31. The van der Waals surface area contributed by atoms with E-state index >= 15 is 0 Å². The zero-order valence-corrected chi connectivity index (χ0v) is 15.1. The van der Waals surface area contributed by atoms with E-state index in [4.69, 9.17) is 0 Å². The molecule has 26 heavy (non-hydrogen) atoms. The Labute approximate surface area is 157 Å². The summed E-state index contributed by atoms with van der Waals surface area (Å²) in [6, 6.07) is 17.7. The number of thiophene rings is 1. The second kappa shape index (κ2) is 7.39. The second-order valence-corrected chi connectivity index (χ2v) is 7.38.